The van der Waals surface area contributed by atoms with Crippen molar-refractivity contribution < 1.29 is 57.6 Å². The van der Waals surface area contributed by atoms with E-state index in [0.29, 0.717) is 43.4 Å². The summed E-state index contributed by atoms with van der Waals surface area (Å²) < 4.78 is 57.2. The second-order valence-electron chi connectivity index (χ2n) is 17.6. The van der Waals surface area contributed by atoms with Gasteiger partial charge in [-0.1, -0.05) is 83.9 Å². The van der Waals surface area contributed by atoms with Gasteiger partial charge in [-0.05, 0) is 62.3 Å². The maximum absolute atomic E-state index is 14.3. The fourth-order valence-corrected chi connectivity index (χ4v) is 9.53. The predicted molar refractivity (Wildman–Crippen MR) is 217 cm³/mol. The van der Waals surface area contributed by atoms with Gasteiger partial charge in [0.1, 0.15) is 42.7 Å². The second kappa shape index (κ2) is 19.6. The highest BCUT2D eigenvalue weighted by molar-refractivity contribution is 5.78. The van der Waals surface area contributed by atoms with E-state index in [1.807, 2.05) is 25.2 Å². The molecule has 2 bridgehead atoms. The standard InChI is InChI=1S/C46H70O12/c1-10-12-20-51-26-53-42-32(8)54-38(23-37(42)50-9)56-40-28(4)14-13-15-33-25-52-43-39(47)31(7)21-36(46(33,43)49)44(48)55-35-22-34(17-16-29(40)5)57-45(24-35)19-18-30(6)41(58-45)27(3)11-2/h13-16,18-19,21,27-28,30,32,34-43,47,49H,10-12,17,20,22-26H2,1-9H3/b14-13+,29-16+,33-15+/t27?,28?,30-,32-,34+,35-,36-,37-,38?,39+,40-,41+,42-,43+,45+,46+/m0/s1. The van der Waals surface area contributed by atoms with Gasteiger partial charge in [0.15, 0.2) is 12.1 Å². The van der Waals surface area contributed by atoms with Crippen molar-refractivity contribution in [3.63, 3.8) is 0 Å². The molecule has 58 heavy (non-hydrogen) atoms. The van der Waals surface area contributed by atoms with Gasteiger partial charge in [-0.3, -0.25) is 4.79 Å². The maximum atomic E-state index is 14.3. The Morgan fingerprint density at radius 3 is 2.57 bits per heavy atom. The number of esters is 1. The van der Waals surface area contributed by atoms with Crippen molar-refractivity contribution in [2.45, 2.75) is 173 Å². The summed E-state index contributed by atoms with van der Waals surface area (Å²) in [5, 5.41) is 23.6. The normalized spacial score (nSPS) is 45.0. The van der Waals surface area contributed by atoms with Crippen molar-refractivity contribution in [3.05, 3.63) is 59.3 Å². The smallest absolute Gasteiger partial charge is 0.316 e. The molecule has 16 atom stereocenters. The van der Waals surface area contributed by atoms with Gasteiger partial charge in [-0.15, -0.1) is 0 Å². The molecule has 12 heteroatoms. The molecule has 0 aromatic rings. The summed E-state index contributed by atoms with van der Waals surface area (Å²) in [6.07, 6.45) is 13.4. The van der Waals surface area contributed by atoms with Crippen molar-refractivity contribution in [1.29, 1.82) is 0 Å². The van der Waals surface area contributed by atoms with Crippen LogP contribution in [0.5, 0.6) is 0 Å². The number of aliphatic hydroxyl groups excluding tert-OH is 1. The number of hydrogen-bond donors (Lipinski definition) is 2. The van der Waals surface area contributed by atoms with Crippen molar-refractivity contribution in [2.75, 3.05) is 27.1 Å². The van der Waals surface area contributed by atoms with Gasteiger partial charge in [0.2, 0.25) is 0 Å². The van der Waals surface area contributed by atoms with Gasteiger partial charge >= 0.3 is 5.97 Å². The third-order valence-electron chi connectivity index (χ3n) is 13.2. The molecule has 326 valence electrons. The van der Waals surface area contributed by atoms with Gasteiger partial charge in [0, 0.05) is 44.8 Å². The minimum atomic E-state index is -1.81. The third-order valence-corrected chi connectivity index (χ3v) is 13.2. The molecule has 1 aliphatic carbocycles. The summed E-state index contributed by atoms with van der Waals surface area (Å²) in [5.74, 6) is -2.43. The predicted octanol–water partition coefficient (Wildman–Crippen LogP) is 6.64. The second-order valence-corrected chi connectivity index (χ2v) is 17.6. The fourth-order valence-electron chi connectivity index (χ4n) is 9.53. The molecular weight excluding hydrogens is 744 g/mol. The number of fused-ring (bicyclic) bond motifs is 2. The summed E-state index contributed by atoms with van der Waals surface area (Å²) in [4.78, 5) is 14.3. The molecule has 3 unspecified atom stereocenters. The van der Waals surface area contributed by atoms with Gasteiger partial charge in [0.05, 0.1) is 37.1 Å². The van der Waals surface area contributed by atoms with Crippen molar-refractivity contribution >= 4 is 5.97 Å². The van der Waals surface area contributed by atoms with Crippen molar-refractivity contribution in [1.82, 2.24) is 0 Å². The molecule has 1 spiro atoms. The lowest BCUT2D eigenvalue weighted by Crippen LogP contribution is -2.58. The number of carbonyl (C=O) groups is 1. The van der Waals surface area contributed by atoms with E-state index in [2.05, 4.69) is 53.7 Å². The Hall–Kier alpha value is -2.23. The van der Waals surface area contributed by atoms with Gasteiger partial charge in [0.25, 0.3) is 0 Å². The van der Waals surface area contributed by atoms with Gasteiger partial charge < -0.3 is 52.8 Å². The van der Waals surface area contributed by atoms with Crippen LogP contribution >= 0.6 is 0 Å². The van der Waals surface area contributed by atoms with E-state index in [9.17, 15) is 15.0 Å². The van der Waals surface area contributed by atoms with E-state index < -0.39 is 54.0 Å². The highest BCUT2D eigenvalue weighted by Gasteiger charge is 2.60. The van der Waals surface area contributed by atoms with E-state index in [1.54, 1.807) is 26.2 Å². The monoisotopic (exact) mass is 814 g/mol. The number of rotatable bonds is 11. The van der Waals surface area contributed by atoms with E-state index >= 15 is 0 Å². The molecule has 0 radical (unpaired) electrons. The summed E-state index contributed by atoms with van der Waals surface area (Å²) >= 11 is 0. The summed E-state index contributed by atoms with van der Waals surface area (Å²) in [6.45, 7) is 17.4. The average Bonchev–Trinajstić information content (AvgIpc) is 3.54. The maximum Gasteiger partial charge on any atom is 0.316 e. The summed E-state index contributed by atoms with van der Waals surface area (Å²) in [5.41, 5.74) is 0.223. The number of methoxy groups -OCH3 is 1. The SMILES string of the molecule is CCCCOCO[C@H]1[C@H](C)OC(O[C@@H]2/C(C)=C/C[C@@H]3C[C@@H](C[C@]4(C=C[C@H](C)[C@@H](C(C)CC)O4)O3)OC(=O)[C@@H]3C=C(C)[C@@H](O)[C@H]4OC/C(=C\C=C\C2C)[C@]43O)C[C@@H]1OC. The Morgan fingerprint density at radius 2 is 1.83 bits per heavy atom. The van der Waals surface area contributed by atoms with Crippen LogP contribution in [0.25, 0.3) is 0 Å². The van der Waals surface area contributed by atoms with Crippen LogP contribution in [-0.4, -0.2) is 116 Å². The zero-order valence-corrected chi connectivity index (χ0v) is 36.2. The molecule has 6 aliphatic rings. The van der Waals surface area contributed by atoms with Crippen molar-refractivity contribution in [3.8, 4) is 0 Å². The molecule has 3 saturated heterocycles. The highest BCUT2D eigenvalue weighted by atomic mass is 16.7. The number of allylic oxidation sites excluding steroid dienone is 2. The van der Waals surface area contributed by atoms with Gasteiger partial charge in [-0.25, -0.2) is 0 Å². The number of carbonyl (C=O) groups excluding carboxylic acids is 1. The Morgan fingerprint density at radius 1 is 1.03 bits per heavy atom. The lowest BCUT2D eigenvalue weighted by Gasteiger charge is -2.48. The minimum Gasteiger partial charge on any atom is -0.462 e. The molecule has 3 fully saturated rings. The van der Waals surface area contributed by atoms with Crippen molar-refractivity contribution in [2.24, 2.45) is 23.7 Å². The quantitative estimate of drug-likeness (QED) is 0.100. The molecule has 5 aliphatic heterocycles. The lowest BCUT2D eigenvalue weighted by molar-refractivity contribution is -0.300. The fraction of sp³-hybridized carbons (Fsp3) is 0.761. The number of hydrogen-bond acceptors (Lipinski definition) is 12. The topological polar surface area (TPSA) is 141 Å². The van der Waals surface area contributed by atoms with Crippen LogP contribution in [0.15, 0.2) is 59.3 Å². The van der Waals surface area contributed by atoms with E-state index in [0.717, 1.165) is 24.8 Å². The molecule has 6 rings (SSSR count). The van der Waals surface area contributed by atoms with Crippen LogP contribution in [-0.2, 0) is 47.4 Å². The van der Waals surface area contributed by atoms with Crippen LogP contribution in [0.1, 0.15) is 100 Å². The first-order chi connectivity index (χ1) is 27.7. The Kier molecular flexibility index (Phi) is 15.3. The van der Waals surface area contributed by atoms with E-state index in [4.69, 9.17) is 42.6 Å². The molecule has 12 nitrogen and oxygen atoms in total. The molecule has 0 aromatic carbocycles. The first-order valence-electron chi connectivity index (χ1n) is 21.8. The average molecular weight is 815 g/mol. The number of unbranched alkanes of at least 4 members (excludes halogenated alkanes) is 1. The summed E-state index contributed by atoms with van der Waals surface area (Å²) in [7, 11) is 1.68. The Bertz CT molecular complexity index is 1550. The van der Waals surface area contributed by atoms with Crippen LogP contribution in [0.2, 0.25) is 0 Å². The highest BCUT2D eigenvalue weighted by Crippen LogP contribution is 2.47. The van der Waals surface area contributed by atoms with Crippen LogP contribution in [0.3, 0.4) is 0 Å². The van der Waals surface area contributed by atoms with Crippen LogP contribution in [0.4, 0.5) is 0 Å². The zero-order valence-electron chi connectivity index (χ0n) is 36.2. The zero-order chi connectivity index (χ0) is 41.8. The van der Waals surface area contributed by atoms with E-state index in [1.165, 1.54) is 0 Å². The minimum absolute atomic E-state index is 0.0517. The molecule has 0 aromatic heterocycles. The molecular formula is C46H70O12. The number of ether oxygens (including phenoxy) is 9. The van der Waals surface area contributed by atoms with E-state index in [-0.39, 0.29) is 61.7 Å². The van der Waals surface area contributed by atoms with Gasteiger partial charge in [-0.2, -0.15) is 0 Å². The molecule has 0 saturated carbocycles. The van der Waals surface area contributed by atoms with Crippen LogP contribution < -0.4 is 0 Å². The Labute approximate surface area is 345 Å². The molecule has 2 N–H and O–H groups in total. The number of aliphatic hydroxyl groups is 2. The largest absolute Gasteiger partial charge is 0.462 e. The first kappa shape index (κ1) is 45.3. The molecule has 0 amide bonds. The first-order valence-corrected chi connectivity index (χ1v) is 21.8. The molecule has 5 heterocycles. The summed E-state index contributed by atoms with van der Waals surface area (Å²) in [6, 6.07) is 0. The third kappa shape index (κ3) is 9.77. The lowest BCUT2D eigenvalue weighted by atomic mass is 9.71. The Balaban J connectivity index is 1.32. The van der Waals surface area contributed by atoms with Crippen LogP contribution in [0, 0.1) is 23.7 Å².